The zero-order valence-electron chi connectivity index (χ0n) is 16.4. The van der Waals surface area contributed by atoms with Crippen LogP contribution >= 0.6 is 11.3 Å². The van der Waals surface area contributed by atoms with Crippen molar-refractivity contribution in [1.29, 1.82) is 0 Å². The first-order valence-corrected chi connectivity index (χ1v) is 9.77. The van der Waals surface area contributed by atoms with Gasteiger partial charge in [0.05, 0.1) is 17.6 Å². The predicted molar refractivity (Wildman–Crippen MR) is 106 cm³/mol. The fourth-order valence-corrected chi connectivity index (χ4v) is 5.47. The van der Waals surface area contributed by atoms with E-state index in [0.29, 0.717) is 11.1 Å². The number of esters is 1. The van der Waals surface area contributed by atoms with Gasteiger partial charge in [-0.1, -0.05) is 39.8 Å². The maximum absolute atomic E-state index is 13.2. The molecule has 0 unspecified atom stereocenters. The third-order valence-corrected chi connectivity index (χ3v) is 7.24. The quantitative estimate of drug-likeness (QED) is 0.535. The molecule has 1 aliphatic rings. The molecular formula is C22H26O3S. The van der Waals surface area contributed by atoms with Gasteiger partial charge >= 0.3 is 5.97 Å². The third kappa shape index (κ3) is 3.01. The Kier molecular flexibility index (Phi) is 4.60. The van der Waals surface area contributed by atoms with E-state index in [1.807, 2.05) is 0 Å². The first kappa shape index (κ1) is 18.8. The Labute approximate surface area is 159 Å². The highest BCUT2D eigenvalue weighted by Gasteiger charge is 2.41. The maximum Gasteiger partial charge on any atom is 0.337 e. The summed E-state index contributed by atoms with van der Waals surface area (Å²) >= 11 is 1.65. The van der Waals surface area contributed by atoms with Crippen LogP contribution in [-0.2, 0) is 15.6 Å². The Morgan fingerprint density at radius 2 is 1.50 bits per heavy atom. The highest BCUT2D eigenvalue weighted by molar-refractivity contribution is 7.14. The summed E-state index contributed by atoms with van der Waals surface area (Å²) in [5, 5.41) is 0. The summed E-state index contributed by atoms with van der Waals surface area (Å²) in [7, 11) is 1.35. The summed E-state index contributed by atoms with van der Waals surface area (Å²) in [5.74, 6) is -0.361. The zero-order valence-corrected chi connectivity index (χ0v) is 17.2. The molecule has 0 atom stereocenters. The summed E-state index contributed by atoms with van der Waals surface area (Å²) in [6.45, 7) is 11.2. The Morgan fingerprint density at radius 1 is 0.962 bits per heavy atom. The fraction of sp³-hybridized carbons (Fsp3) is 0.455. The van der Waals surface area contributed by atoms with E-state index >= 15 is 0 Å². The van der Waals surface area contributed by atoms with Crippen LogP contribution in [0.5, 0.6) is 0 Å². The molecular weight excluding hydrogens is 344 g/mol. The lowest BCUT2D eigenvalue weighted by Crippen LogP contribution is -2.32. The number of carbonyl (C=O) groups is 2. The van der Waals surface area contributed by atoms with E-state index in [0.717, 1.165) is 23.3 Å². The number of fused-ring (bicyclic) bond motifs is 1. The number of thiophene rings is 1. The number of ketones is 1. The Bertz CT molecular complexity index is 870. The summed E-state index contributed by atoms with van der Waals surface area (Å²) in [5.41, 5.74) is 3.73. The largest absolute Gasteiger partial charge is 0.465 e. The summed E-state index contributed by atoms with van der Waals surface area (Å²) in [4.78, 5) is 26.9. The van der Waals surface area contributed by atoms with Crippen molar-refractivity contribution in [1.82, 2.24) is 0 Å². The van der Waals surface area contributed by atoms with Gasteiger partial charge in [0.2, 0.25) is 5.78 Å². The molecule has 3 nitrogen and oxygen atoms in total. The van der Waals surface area contributed by atoms with Gasteiger partial charge in [-0.15, -0.1) is 11.3 Å². The van der Waals surface area contributed by atoms with Crippen molar-refractivity contribution in [3.8, 4) is 0 Å². The second kappa shape index (κ2) is 6.34. The normalized spacial score (nSPS) is 17.5. The molecule has 1 aliphatic carbocycles. The molecule has 0 radical (unpaired) electrons. The molecule has 0 N–H and O–H groups in total. The van der Waals surface area contributed by atoms with Gasteiger partial charge in [-0.2, -0.15) is 0 Å². The van der Waals surface area contributed by atoms with Crippen molar-refractivity contribution in [2.45, 2.75) is 58.3 Å². The van der Waals surface area contributed by atoms with Gasteiger partial charge in [-0.25, -0.2) is 4.79 Å². The molecule has 138 valence electrons. The SMILES string of the molecule is COC(=O)c1ccc(C(=O)c2sc3c(c2C)C(C)(C)CCC3(C)C)cc1. The van der Waals surface area contributed by atoms with Crippen molar-refractivity contribution < 1.29 is 14.3 Å². The van der Waals surface area contributed by atoms with Crippen LogP contribution in [0.4, 0.5) is 0 Å². The lowest BCUT2D eigenvalue weighted by molar-refractivity contribution is 0.0600. The fourth-order valence-electron chi connectivity index (χ4n) is 3.89. The number of methoxy groups -OCH3 is 1. The van der Waals surface area contributed by atoms with Gasteiger partial charge < -0.3 is 4.74 Å². The first-order chi connectivity index (χ1) is 12.1. The average Bonchev–Trinajstić information content (AvgIpc) is 2.97. The van der Waals surface area contributed by atoms with E-state index < -0.39 is 5.97 Å². The number of rotatable bonds is 3. The molecule has 0 saturated heterocycles. The van der Waals surface area contributed by atoms with Crippen molar-refractivity contribution >= 4 is 23.1 Å². The van der Waals surface area contributed by atoms with Crippen molar-refractivity contribution in [3.05, 3.63) is 56.3 Å². The summed E-state index contributed by atoms with van der Waals surface area (Å²) in [6.07, 6.45) is 2.26. The monoisotopic (exact) mass is 370 g/mol. The van der Waals surface area contributed by atoms with Gasteiger partial charge in [-0.05, 0) is 53.9 Å². The Hall–Kier alpha value is -1.94. The molecule has 0 spiro atoms. The van der Waals surface area contributed by atoms with E-state index in [2.05, 4.69) is 34.6 Å². The van der Waals surface area contributed by atoms with E-state index in [4.69, 9.17) is 4.74 Å². The molecule has 0 bridgehead atoms. The van der Waals surface area contributed by atoms with E-state index in [-0.39, 0.29) is 16.6 Å². The van der Waals surface area contributed by atoms with Crippen molar-refractivity contribution in [2.24, 2.45) is 0 Å². The van der Waals surface area contributed by atoms with E-state index in [1.54, 1.807) is 35.6 Å². The Morgan fingerprint density at radius 3 is 2.04 bits per heavy atom. The van der Waals surface area contributed by atoms with E-state index in [9.17, 15) is 9.59 Å². The molecule has 0 fully saturated rings. The van der Waals surface area contributed by atoms with Crippen LogP contribution in [0.3, 0.4) is 0 Å². The number of ether oxygens (including phenoxy) is 1. The second-order valence-corrected chi connectivity index (χ2v) is 9.45. The van der Waals surface area contributed by atoms with Gasteiger partial charge in [0, 0.05) is 10.4 Å². The van der Waals surface area contributed by atoms with Crippen molar-refractivity contribution in [2.75, 3.05) is 7.11 Å². The number of carbonyl (C=O) groups excluding carboxylic acids is 2. The number of hydrogen-bond donors (Lipinski definition) is 0. The second-order valence-electron chi connectivity index (χ2n) is 8.43. The van der Waals surface area contributed by atoms with Crippen LogP contribution in [0, 0.1) is 6.92 Å². The molecule has 0 aliphatic heterocycles. The minimum Gasteiger partial charge on any atom is -0.465 e. The van der Waals surface area contributed by atoms with E-state index in [1.165, 1.54) is 17.6 Å². The molecule has 4 heteroatoms. The van der Waals surface area contributed by atoms with Crippen LogP contribution in [0.15, 0.2) is 24.3 Å². The van der Waals surface area contributed by atoms with Gasteiger partial charge in [0.1, 0.15) is 0 Å². The first-order valence-electron chi connectivity index (χ1n) is 8.96. The standard InChI is InChI=1S/C22H26O3S/c1-13-16-19(22(4,5)12-11-21(16,2)3)26-18(13)17(23)14-7-9-15(10-8-14)20(24)25-6/h7-10H,11-12H2,1-6H3. The molecule has 1 aromatic carbocycles. The molecule has 0 saturated carbocycles. The van der Waals surface area contributed by atoms with Crippen LogP contribution in [0.25, 0.3) is 0 Å². The van der Waals surface area contributed by atoms with Crippen LogP contribution < -0.4 is 0 Å². The Balaban J connectivity index is 2.04. The number of benzene rings is 1. The predicted octanol–water partition coefficient (Wildman–Crippen LogP) is 5.42. The number of hydrogen-bond acceptors (Lipinski definition) is 4. The van der Waals surface area contributed by atoms with Crippen LogP contribution in [-0.4, -0.2) is 18.9 Å². The lowest BCUT2D eigenvalue weighted by Gasteiger charge is -2.39. The molecule has 26 heavy (non-hydrogen) atoms. The highest BCUT2D eigenvalue weighted by Crippen LogP contribution is 2.51. The van der Waals surface area contributed by atoms with Crippen molar-refractivity contribution in [3.63, 3.8) is 0 Å². The highest BCUT2D eigenvalue weighted by atomic mass is 32.1. The van der Waals surface area contributed by atoms with Gasteiger partial charge in [0.25, 0.3) is 0 Å². The average molecular weight is 371 g/mol. The molecule has 0 amide bonds. The van der Waals surface area contributed by atoms with Gasteiger partial charge in [0.15, 0.2) is 0 Å². The van der Waals surface area contributed by atoms with Gasteiger partial charge in [-0.3, -0.25) is 4.79 Å². The molecule has 2 aromatic rings. The molecule has 1 aromatic heterocycles. The van der Waals surface area contributed by atoms with Crippen LogP contribution in [0.1, 0.15) is 82.1 Å². The molecule has 3 rings (SSSR count). The van der Waals surface area contributed by atoms with Crippen LogP contribution in [0.2, 0.25) is 0 Å². The topological polar surface area (TPSA) is 43.4 Å². The minimum absolute atomic E-state index is 0.0323. The summed E-state index contributed by atoms with van der Waals surface area (Å²) < 4.78 is 4.72. The lowest BCUT2D eigenvalue weighted by atomic mass is 9.66. The third-order valence-electron chi connectivity index (χ3n) is 5.59. The zero-order chi connectivity index (χ0) is 19.3. The minimum atomic E-state index is -0.393. The summed E-state index contributed by atoms with van der Waals surface area (Å²) in [6, 6.07) is 6.72. The smallest absolute Gasteiger partial charge is 0.337 e. The molecule has 1 heterocycles. The maximum atomic E-state index is 13.2.